The lowest BCUT2D eigenvalue weighted by Crippen LogP contribution is -2.55. The largest absolute Gasteiger partial charge is 0.451 e. The molecule has 5 nitrogen and oxygen atoms in total. The summed E-state index contributed by atoms with van der Waals surface area (Å²) < 4.78 is 10.9. The monoisotopic (exact) mass is 375 g/mol. The van der Waals surface area contributed by atoms with Gasteiger partial charge >= 0.3 is 12.1 Å². The molecule has 1 aromatic rings. The van der Waals surface area contributed by atoms with Gasteiger partial charge in [-0.3, -0.25) is 0 Å². The number of carbonyl (C=O) groups is 2. The minimum Gasteiger partial charge on any atom is -0.451 e. The molecule has 0 unspecified atom stereocenters. The molecular formula is C20H29NO4Si. The first-order valence-electron chi connectivity index (χ1n) is 8.65. The van der Waals surface area contributed by atoms with Crippen molar-refractivity contribution in [3.63, 3.8) is 0 Å². The van der Waals surface area contributed by atoms with E-state index in [4.69, 9.17) is 9.47 Å². The summed E-state index contributed by atoms with van der Waals surface area (Å²) in [5.41, 5.74) is -1.14. The number of nitrogens with one attached hydrogen (secondary N) is 1. The van der Waals surface area contributed by atoms with Crippen molar-refractivity contribution in [3.05, 3.63) is 30.3 Å². The average Bonchev–Trinajstić information content (AvgIpc) is 2.53. The molecule has 0 aliphatic heterocycles. The molecule has 1 aromatic carbocycles. The fourth-order valence-electron chi connectivity index (χ4n) is 2.27. The van der Waals surface area contributed by atoms with Gasteiger partial charge in [0.05, 0.1) is 0 Å². The van der Waals surface area contributed by atoms with Crippen LogP contribution < -0.4 is 10.5 Å². The molecule has 2 atom stereocenters. The van der Waals surface area contributed by atoms with Crippen molar-refractivity contribution in [1.82, 2.24) is 5.32 Å². The van der Waals surface area contributed by atoms with E-state index >= 15 is 0 Å². The van der Waals surface area contributed by atoms with Gasteiger partial charge < -0.3 is 14.8 Å². The number of hydrogen-bond acceptors (Lipinski definition) is 4. The summed E-state index contributed by atoms with van der Waals surface area (Å²) in [4.78, 5) is 24.3. The normalized spacial score (nSPS) is 13.7. The first kappa shape index (κ1) is 21.8. The molecule has 1 rings (SSSR count). The molecule has 0 aliphatic carbocycles. The molecule has 0 aromatic heterocycles. The van der Waals surface area contributed by atoms with Gasteiger partial charge in [-0.25, -0.2) is 9.59 Å². The molecule has 1 N–H and O–H groups in total. The van der Waals surface area contributed by atoms with E-state index in [-0.39, 0.29) is 0 Å². The van der Waals surface area contributed by atoms with Crippen molar-refractivity contribution in [2.24, 2.45) is 0 Å². The minimum atomic E-state index is -2.18. The topological polar surface area (TPSA) is 64.6 Å². The number of alkyl carbamates (subject to hydrolysis) is 1. The second-order valence-electron chi connectivity index (χ2n) is 7.67. The molecule has 0 saturated carbocycles. The Balaban J connectivity index is 2.85. The first-order chi connectivity index (χ1) is 12.0. The molecule has 0 aliphatic rings. The van der Waals surface area contributed by atoms with E-state index in [1.54, 1.807) is 34.6 Å². The molecule has 26 heavy (non-hydrogen) atoms. The summed E-state index contributed by atoms with van der Waals surface area (Å²) in [6.45, 7) is 12.8. The van der Waals surface area contributed by atoms with Gasteiger partial charge in [0.2, 0.25) is 0 Å². The number of ether oxygens (including phenoxy) is 2. The Morgan fingerprint density at radius 1 is 1.15 bits per heavy atom. The van der Waals surface area contributed by atoms with E-state index < -0.39 is 37.5 Å². The molecule has 0 heterocycles. The van der Waals surface area contributed by atoms with E-state index in [9.17, 15) is 9.59 Å². The van der Waals surface area contributed by atoms with Crippen LogP contribution in [-0.4, -0.2) is 37.5 Å². The molecule has 0 fully saturated rings. The van der Waals surface area contributed by atoms with E-state index in [2.05, 4.69) is 30.3 Å². The maximum Gasteiger partial charge on any atom is 0.408 e. The Morgan fingerprint density at radius 3 is 2.23 bits per heavy atom. The van der Waals surface area contributed by atoms with Crippen LogP contribution in [0.25, 0.3) is 0 Å². The third-order valence-corrected chi connectivity index (χ3v) is 7.16. The second-order valence-corrected chi connectivity index (χ2v) is 12.2. The van der Waals surface area contributed by atoms with E-state index in [1.807, 2.05) is 30.3 Å². The smallest absolute Gasteiger partial charge is 0.408 e. The summed E-state index contributed by atoms with van der Waals surface area (Å²) in [6.07, 6.45) is -0.653. The number of hydrogen-bond donors (Lipinski definition) is 1. The first-order valence-corrected chi connectivity index (χ1v) is 11.7. The van der Waals surface area contributed by atoms with Crippen molar-refractivity contribution in [2.45, 2.75) is 65.1 Å². The van der Waals surface area contributed by atoms with Gasteiger partial charge in [0.1, 0.15) is 19.7 Å². The lowest BCUT2D eigenvalue weighted by atomic mass is 10.2. The fraction of sp³-hybridized carbons (Fsp3) is 0.500. The van der Waals surface area contributed by atoms with Crippen LogP contribution in [0.5, 0.6) is 0 Å². The Bertz CT molecular complexity index is 683. The van der Waals surface area contributed by atoms with Crippen LogP contribution in [0.2, 0.25) is 13.1 Å². The highest BCUT2D eigenvalue weighted by atomic mass is 28.3. The number of benzene rings is 1. The van der Waals surface area contributed by atoms with Crippen LogP contribution in [0.4, 0.5) is 4.79 Å². The van der Waals surface area contributed by atoms with Crippen molar-refractivity contribution in [2.75, 3.05) is 0 Å². The lowest BCUT2D eigenvalue weighted by Gasteiger charge is -2.30. The zero-order valence-corrected chi connectivity index (χ0v) is 17.7. The highest BCUT2D eigenvalue weighted by molar-refractivity contribution is 6.91. The van der Waals surface area contributed by atoms with Crippen molar-refractivity contribution >= 4 is 25.3 Å². The van der Waals surface area contributed by atoms with Gasteiger partial charge in [0.25, 0.3) is 0 Å². The molecule has 142 valence electrons. The number of amides is 1. The Labute approximate surface area is 157 Å². The minimum absolute atomic E-state index is 0.509. The van der Waals surface area contributed by atoms with Crippen LogP contribution in [0, 0.1) is 11.8 Å². The van der Waals surface area contributed by atoms with Gasteiger partial charge in [-0.2, -0.15) is 0 Å². The van der Waals surface area contributed by atoms with Gasteiger partial charge in [-0.1, -0.05) is 54.5 Å². The second kappa shape index (κ2) is 8.90. The van der Waals surface area contributed by atoms with Gasteiger partial charge in [-0.05, 0) is 34.6 Å². The lowest BCUT2D eigenvalue weighted by molar-refractivity contribution is -0.146. The molecule has 0 radical (unpaired) electrons. The summed E-state index contributed by atoms with van der Waals surface area (Å²) in [5.74, 6) is 5.35. The van der Waals surface area contributed by atoms with Crippen LogP contribution in [0.15, 0.2) is 30.3 Å². The standard InChI is InChI=1S/C20H29NO4Si/c1-8-12-17(26(6,7)16-13-10-9-11-14-16)24-18(22)15(2)21-19(23)25-20(3,4)5/h9-11,13-15,17H,1-7H3,(H,21,23)/t15-,17-/m0/s1. The molecule has 0 spiro atoms. The molecule has 0 bridgehead atoms. The highest BCUT2D eigenvalue weighted by Crippen LogP contribution is 2.14. The van der Waals surface area contributed by atoms with Crippen molar-refractivity contribution in [1.29, 1.82) is 0 Å². The Hall–Kier alpha value is -2.26. The predicted octanol–water partition coefficient (Wildman–Crippen LogP) is 2.99. The zero-order valence-electron chi connectivity index (χ0n) is 16.7. The van der Waals surface area contributed by atoms with Crippen molar-refractivity contribution in [3.8, 4) is 11.8 Å². The summed E-state index contributed by atoms with van der Waals surface area (Å²) >= 11 is 0. The quantitative estimate of drug-likeness (QED) is 0.488. The van der Waals surface area contributed by atoms with Crippen molar-refractivity contribution < 1.29 is 19.1 Å². The third-order valence-electron chi connectivity index (χ3n) is 3.77. The maximum absolute atomic E-state index is 12.5. The SMILES string of the molecule is CC#C[C@@H](OC(=O)[C@H](C)NC(=O)OC(C)(C)C)[Si](C)(C)c1ccccc1. The van der Waals surface area contributed by atoms with E-state index in [1.165, 1.54) is 0 Å². The number of esters is 1. The molecule has 0 saturated heterocycles. The Morgan fingerprint density at radius 2 is 1.73 bits per heavy atom. The number of rotatable bonds is 5. The van der Waals surface area contributed by atoms with Crippen LogP contribution >= 0.6 is 0 Å². The summed E-state index contributed by atoms with van der Waals surface area (Å²) in [6, 6.07) is 9.13. The number of carbonyl (C=O) groups excluding carboxylic acids is 2. The predicted molar refractivity (Wildman–Crippen MR) is 106 cm³/mol. The van der Waals surface area contributed by atoms with Crippen LogP contribution in [-0.2, 0) is 14.3 Å². The molecule has 6 heteroatoms. The molecular weight excluding hydrogens is 346 g/mol. The van der Waals surface area contributed by atoms with Crippen LogP contribution in [0.1, 0.15) is 34.6 Å². The average molecular weight is 376 g/mol. The van der Waals surface area contributed by atoms with Gasteiger partial charge in [0, 0.05) is 0 Å². The van der Waals surface area contributed by atoms with Crippen LogP contribution in [0.3, 0.4) is 0 Å². The maximum atomic E-state index is 12.5. The fourth-order valence-corrected chi connectivity index (χ4v) is 4.54. The zero-order chi connectivity index (χ0) is 20.0. The van der Waals surface area contributed by atoms with E-state index in [0.29, 0.717) is 0 Å². The Kier molecular flexibility index (Phi) is 7.46. The van der Waals surface area contributed by atoms with Gasteiger partial charge in [0.15, 0.2) is 5.73 Å². The third kappa shape index (κ3) is 6.56. The highest BCUT2D eigenvalue weighted by Gasteiger charge is 2.37. The summed E-state index contributed by atoms with van der Waals surface area (Å²) in [7, 11) is -2.18. The summed E-state index contributed by atoms with van der Waals surface area (Å²) in [5, 5.41) is 3.65. The molecule has 1 amide bonds. The van der Waals surface area contributed by atoms with Gasteiger partial charge in [-0.15, -0.1) is 5.92 Å². The van der Waals surface area contributed by atoms with E-state index in [0.717, 1.165) is 5.19 Å².